The maximum absolute atomic E-state index is 13.7. The SMILES string of the molecule is CC(C)c1ccc(CN2C(=O)[C@@H](NCC[C@H](C(=O)O)C3CCCCC3)COc3ccccc32)cc1. The molecule has 2 aromatic rings. The summed E-state index contributed by atoms with van der Waals surface area (Å²) in [6, 6.07) is 15.5. The van der Waals surface area contributed by atoms with Gasteiger partial charge in [-0.3, -0.25) is 9.59 Å². The second-order valence-corrected chi connectivity index (χ2v) is 10.2. The molecule has 1 aliphatic heterocycles. The number of amides is 1. The van der Waals surface area contributed by atoms with Crippen molar-refractivity contribution < 1.29 is 19.4 Å². The summed E-state index contributed by atoms with van der Waals surface area (Å²) in [4.78, 5) is 27.4. The second kappa shape index (κ2) is 11.7. The van der Waals surface area contributed by atoms with Crippen LogP contribution in [-0.2, 0) is 16.1 Å². The van der Waals surface area contributed by atoms with E-state index in [1.165, 1.54) is 12.0 Å². The van der Waals surface area contributed by atoms with E-state index in [0.29, 0.717) is 31.2 Å². The highest BCUT2D eigenvalue weighted by Gasteiger charge is 2.33. The molecule has 0 bridgehead atoms. The number of hydrogen-bond donors (Lipinski definition) is 2. The van der Waals surface area contributed by atoms with Gasteiger partial charge in [0.1, 0.15) is 18.4 Å². The van der Waals surface area contributed by atoms with E-state index in [0.717, 1.165) is 36.9 Å². The van der Waals surface area contributed by atoms with Crippen molar-refractivity contribution in [2.24, 2.45) is 11.8 Å². The van der Waals surface area contributed by atoms with Gasteiger partial charge in [-0.05, 0) is 60.9 Å². The molecule has 6 nitrogen and oxygen atoms in total. The molecule has 0 unspecified atom stereocenters. The van der Waals surface area contributed by atoms with Crippen molar-refractivity contribution >= 4 is 17.6 Å². The Labute approximate surface area is 208 Å². The molecule has 1 aliphatic carbocycles. The molecule has 0 spiro atoms. The molecule has 1 heterocycles. The van der Waals surface area contributed by atoms with Crippen LogP contribution in [0.5, 0.6) is 5.75 Å². The number of nitrogens with zero attached hydrogens (tertiary/aromatic N) is 1. The maximum atomic E-state index is 13.7. The molecule has 1 amide bonds. The molecule has 188 valence electrons. The van der Waals surface area contributed by atoms with Crippen LogP contribution in [0.3, 0.4) is 0 Å². The first kappa shape index (κ1) is 25.2. The highest BCUT2D eigenvalue weighted by atomic mass is 16.5. The molecule has 0 radical (unpaired) electrons. The van der Waals surface area contributed by atoms with Crippen molar-refractivity contribution in [1.29, 1.82) is 0 Å². The van der Waals surface area contributed by atoms with Crippen molar-refractivity contribution in [3.63, 3.8) is 0 Å². The number of hydrogen-bond acceptors (Lipinski definition) is 4. The number of ether oxygens (including phenoxy) is 1. The summed E-state index contributed by atoms with van der Waals surface area (Å²) in [5.74, 6) is 0.244. The van der Waals surface area contributed by atoms with Crippen LogP contribution in [0, 0.1) is 11.8 Å². The van der Waals surface area contributed by atoms with Crippen molar-refractivity contribution in [3.05, 3.63) is 59.7 Å². The number of carboxylic acid groups (broad SMARTS) is 1. The van der Waals surface area contributed by atoms with E-state index in [1.54, 1.807) is 4.90 Å². The number of carboxylic acids is 1. The lowest BCUT2D eigenvalue weighted by molar-refractivity contribution is -0.144. The van der Waals surface area contributed by atoms with E-state index in [9.17, 15) is 14.7 Å². The van der Waals surface area contributed by atoms with Gasteiger partial charge in [0, 0.05) is 0 Å². The molecule has 0 aromatic heterocycles. The summed E-state index contributed by atoms with van der Waals surface area (Å²) in [5, 5.41) is 13.1. The lowest BCUT2D eigenvalue weighted by atomic mass is 9.78. The standard InChI is InChI=1S/C29H38N2O4/c1-20(2)22-14-12-21(13-15-22)18-31-26-10-6-7-11-27(26)35-19-25(28(31)32)30-17-16-24(29(33)34)23-8-4-3-5-9-23/h6-7,10-15,20,23-25,30H,3-5,8-9,16-19H2,1-2H3,(H,33,34)/t24-,25-/m0/s1. The minimum absolute atomic E-state index is 0.0487. The van der Waals surface area contributed by atoms with Gasteiger partial charge < -0.3 is 20.1 Å². The van der Waals surface area contributed by atoms with Gasteiger partial charge in [0.2, 0.25) is 5.91 Å². The van der Waals surface area contributed by atoms with Gasteiger partial charge in [-0.15, -0.1) is 0 Å². The molecule has 2 aromatic carbocycles. The minimum Gasteiger partial charge on any atom is -0.489 e. The third-order valence-electron chi connectivity index (χ3n) is 7.49. The fraction of sp³-hybridized carbons (Fsp3) is 0.517. The molecular weight excluding hydrogens is 440 g/mol. The summed E-state index contributed by atoms with van der Waals surface area (Å²) >= 11 is 0. The first-order valence-corrected chi connectivity index (χ1v) is 13.0. The quantitative estimate of drug-likeness (QED) is 0.507. The highest BCUT2D eigenvalue weighted by molar-refractivity contribution is 5.99. The number of nitrogens with one attached hydrogen (secondary N) is 1. The fourth-order valence-corrected chi connectivity index (χ4v) is 5.36. The number of aliphatic carboxylic acids is 1. The predicted molar refractivity (Wildman–Crippen MR) is 138 cm³/mol. The average Bonchev–Trinajstić information content (AvgIpc) is 2.99. The van der Waals surface area contributed by atoms with Crippen molar-refractivity contribution in [2.75, 3.05) is 18.1 Å². The Balaban J connectivity index is 1.46. The fourth-order valence-electron chi connectivity index (χ4n) is 5.36. The van der Waals surface area contributed by atoms with Gasteiger partial charge in [-0.1, -0.05) is 69.5 Å². The Kier molecular flexibility index (Phi) is 8.45. The molecular formula is C29H38N2O4. The maximum Gasteiger partial charge on any atom is 0.306 e. The van der Waals surface area contributed by atoms with E-state index in [2.05, 4.69) is 43.4 Å². The number of carbonyl (C=O) groups is 2. The number of para-hydroxylation sites is 2. The smallest absolute Gasteiger partial charge is 0.306 e. The zero-order chi connectivity index (χ0) is 24.8. The second-order valence-electron chi connectivity index (χ2n) is 10.2. The predicted octanol–water partition coefficient (Wildman–Crippen LogP) is 5.37. The Morgan fingerprint density at radius 1 is 1.09 bits per heavy atom. The van der Waals surface area contributed by atoms with Crippen LogP contribution >= 0.6 is 0 Å². The van der Waals surface area contributed by atoms with Crippen LogP contribution in [0.1, 0.15) is 69.4 Å². The Morgan fingerprint density at radius 3 is 2.49 bits per heavy atom. The summed E-state index contributed by atoms with van der Waals surface area (Å²) in [5.41, 5.74) is 3.09. The molecule has 1 saturated carbocycles. The number of anilines is 1. The van der Waals surface area contributed by atoms with E-state index in [1.807, 2.05) is 24.3 Å². The normalized spacial score (nSPS) is 19.7. The largest absolute Gasteiger partial charge is 0.489 e. The van der Waals surface area contributed by atoms with Gasteiger partial charge in [-0.25, -0.2) is 0 Å². The van der Waals surface area contributed by atoms with Gasteiger partial charge in [0.15, 0.2) is 0 Å². The van der Waals surface area contributed by atoms with Gasteiger partial charge >= 0.3 is 5.97 Å². The summed E-state index contributed by atoms with van der Waals surface area (Å²) in [6.07, 6.45) is 5.92. The third kappa shape index (κ3) is 6.23. The molecule has 4 rings (SSSR count). The van der Waals surface area contributed by atoms with Crippen molar-refractivity contribution in [3.8, 4) is 5.75 Å². The van der Waals surface area contributed by atoms with Gasteiger partial charge in [0.05, 0.1) is 18.2 Å². The molecule has 35 heavy (non-hydrogen) atoms. The van der Waals surface area contributed by atoms with E-state index in [-0.39, 0.29) is 24.3 Å². The van der Waals surface area contributed by atoms with Crippen LogP contribution in [-0.4, -0.2) is 36.2 Å². The first-order valence-electron chi connectivity index (χ1n) is 13.0. The van der Waals surface area contributed by atoms with Crippen LogP contribution < -0.4 is 15.0 Å². The Bertz CT molecular complexity index is 998. The number of rotatable bonds is 9. The van der Waals surface area contributed by atoms with Gasteiger partial charge in [0.25, 0.3) is 0 Å². The minimum atomic E-state index is -0.721. The van der Waals surface area contributed by atoms with E-state index >= 15 is 0 Å². The Hall–Kier alpha value is -2.86. The highest BCUT2D eigenvalue weighted by Crippen LogP contribution is 2.34. The number of benzene rings is 2. The number of fused-ring (bicyclic) bond motifs is 1. The van der Waals surface area contributed by atoms with E-state index in [4.69, 9.17) is 4.74 Å². The molecule has 2 aliphatic rings. The lowest BCUT2D eigenvalue weighted by Gasteiger charge is -2.28. The molecule has 0 saturated heterocycles. The van der Waals surface area contributed by atoms with Crippen molar-refractivity contribution in [2.45, 2.75) is 70.9 Å². The topological polar surface area (TPSA) is 78.9 Å². The summed E-state index contributed by atoms with van der Waals surface area (Å²) in [6.45, 7) is 5.48. The van der Waals surface area contributed by atoms with Crippen molar-refractivity contribution in [1.82, 2.24) is 5.32 Å². The van der Waals surface area contributed by atoms with E-state index < -0.39 is 12.0 Å². The van der Waals surface area contributed by atoms with Crippen LogP contribution in [0.2, 0.25) is 0 Å². The molecule has 2 N–H and O–H groups in total. The molecule has 2 atom stereocenters. The first-order chi connectivity index (χ1) is 16.9. The van der Waals surface area contributed by atoms with Crippen LogP contribution in [0.25, 0.3) is 0 Å². The van der Waals surface area contributed by atoms with Crippen LogP contribution in [0.15, 0.2) is 48.5 Å². The summed E-state index contributed by atoms with van der Waals surface area (Å²) < 4.78 is 6.03. The number of carbonyl (C=O) groups excluding carboxylic acids is 1. The molecule has 6 heteroatoms. The monoisotopic (exact) mass is 478 g/mol. The average molecular weight is 479 g/mol. The lowest BCUT2D eigenvalue weighted by Crippen LogP contribution is -2.49. The third-order valence-corrected chi connectivity index (χ3v) is 7.49. The summed E-state index contributed by atoms with van der Waals surface area (Å²) in [7, 11) is 0. The Morgan fingerprint density at radius 2 is 1.80 bits per heavy atom. The zero-order valence-corrected chi connectivity index (χ0v) is 20.9. The molecule has 1 fully saturated rings. The zero-order valence-electron chi connectivity index (χ0n) is 20.9. The van der Waals surface area contributed by atoms with Crippen LogP contribution in [0.4, 0.5) is 5.69 Å². The van der Waals surface area contributed by atoms with Gasteiger partial charge in [-0.2, -0.15) is 0 Å².